The Morgan fingerprint density at radius 1 is 1.42 bits per heavy atom. The fourth-order valence-corrected chi connectivity index (χ4v) is 1.93. The van der Waals surface area contributed by atoms with Crippen molar-refractivity contribution in [1.29, 1.82) is 0 Å². The molecule has 0 heterocycles. The number of carbonyl (C=O) groups is 1. The zero-order valence-corrected chi connectivity index (χ0v) is 11.9. The minimum absolute atomic E-state index is 0.0661. The highest BCUT2D eigenvalue weighted by Crippen LogP contribution is 2.17. The minimum atomic E-state index is -0.510. The van der Waals surface area contributed by atoms with E-state index in [2.05, 4.69) is 6.92 Å². The molecule has 2 N–H and O–H groups in total. The molecule has 1 aromatic rings. The Balaban J connectivity index is 3.00. The number of unbranched alkanes of at least 4 members (excludes halogenated alkanes) is 1. The number of nitrogen functional groups attached to an aromatic ring is 1. The van der Waals surface area contributed by atoms with Gasteiger partial charge in [-0.3, -0.25) is 4.79 Å². The number of nitrogens with zero attached hydrogens (tertiary/aromatic N) is 1. The van der Waals surface area contributed by atoms with Gasteiger partial charge in [-0.2, -0.15) is 0 Å². The highest BCUT2D eigenvalue weighted by atomic mass is 19.1. The Kier molecular flexibility index (Phi) is 5.80. The molecule has 1 rings (SSSR count). The summed E-state index contributed by atoms with van der Waals surface area (Å²) in [5.74, 6) is -0.781. The van der Waals surface area contributed by atoms with Gasteiger partial charge in [-0.25, -0.2) is 4.39 Å². The summed E-state index contributed by atoms with van der Waals surface area (Å²) in [7, 11) is 0. The maximum absolute atomic E-state index is 13.8. The van der Waals surface area contributed by atoms with Crippen LogP contribution in [0.15, 0.2) is 18.2 Å². The summed E-state index contributed by atoms with van der Waals surface area (Å²) in [6.45, 7) is 6.73. The second-order valence-electron chi connectivity index (χ2n) is 4.85. The monoisotopic (exact) mass is 266 g/mol. The average molecular weight is 266 g/mol. The molecule has 1 aromatic carbocycles. The summed E-state index contributed by atoms with van der Waals surface area (Å²) in [6, 6.07) is 4.22. The summed E-state index contributed by atoms with van der Waals surface area (Å²) < 4.78 is 13.8. The van der Waals surface area contributed by atoms with Crippen molar-refractivity contribution in [3.05, 3.63) is 29.6 Å². The van der Waals surface area contributed by atoms with Crippen LogP contribution < -0.4 is 5.73 Å². The normalized spacial score (nSPS) is 12.2. The molecule has 1 amide bonds. The van der Waals surface area contributed by atoms with Crippen LogP contribution in [0, 0.1) is 5.82 Å². The molecule has 106 valence electrons. The van der Waals surface area contributed by atoms with E-state index in [9.17, 15) is 9.18 Å². The van der Waals surface area contributed by atoms with Crippen molar-refractivity contribution in [3.8, 4) is 0 Å². The molecular formula is C15H23FN2O. The molecule has 1 unspecified atom stereocenters. The predicted octanol–water partition coefficient (Wildman–Crippen LogP) is 3.45. The molecule has 0 spiro atoms. The molecule has 0 fully saturated rings. The second kappa shape index (κ2) is 7.12. The lowest BCUT2D eigenvalue weighted by Gasteiger charge is -2.29. The Labute approximate surface area is 114 Å². The first kappa shape index (κ1) is 15.5. The molecule has 0 aliphatic carbocycles. The number of carbonyl (C=O) groups excluding carboxylic acids is 1. The smallest absolute Gasteiger partial charge is 0.257 e. The van der Waals surface area contributed by atoms with E-state index in [0.29, 0.717) is 12.2 Å². The van der Waals surface area contributed by atoms with Gasteiger partial charge in [0, 0.05) is 18.3 Å². The van der Waals surface area contributed by atoms with Gasteiger partial charge in [0.05, 0.1) is 5.56 Å². The molecule has 0 saturated heterocycles. The third-order valence-electron chi connectivity index (χ3n) is 3.36. The van der Waals surface area contributed by atoms with Gasteiger partial charge in [0.1, 0.15) is 5.82 Å². The number of hydrogen-bond donors (Lipinski definition) is 1. The summed E-state index contributed by atoms with van der Waals surface area (Å²) in [5, 5.41) is 0. The third-order valence-corrected chi connectivity index (χ3v) is 3.36. The van der Waals surface area contributed by atoms with E-state index in [1.54, 1.807) is 4.90 Å². The quantitative estimate of drug-likeness (QED) is 0.802. The molecule has 1 atom stereocenters. The lowest BCUT2D eigenvalue weighted by Crippen LogP contribution is -2.39. The molecule has 0 radical (unpaired) electrons. The van der Waals surface area contributed by atoms with Gasteiger partial charge in [-0.1, -0.05) is 20.3 Å². The molecule has 3 nitrogen and oxygen atoms in total. The van der Waals surface area contributed by atoms with Crippen LogP contribution in [0.2, 0.25) is 0 Å². The molecule has 0 aliphatic heterocycles. The molecule has 0 saturated carbocycles. The van der Waals surface area contributed by atoms with Crippen LogP contribution in [0.1, 0.15) is 50.4 Å². The number of anilines is 1. The first-order valence-electron chi connectivity index (χ1n) is 6.87. The van der Waals surface area contributed by atoms with Crippen LogP contribution in [0.3, 0.4) is 0 Å². The molecule has 19 heavy (non-hydrogen) atoms. The molecule has 4 heteroatoms. The Morgan fingerprint density at radius 2 is 2.11 bits per heavy atom. The largest absolute Gasteiger partial charge is 0.399 e. The lowest BCUT2D eigenvalue weighted by atomic mass is 10.1. The van der Waals surface area contributed by atoms with Gasteiger partial charge in [0.2, 0.25) is 0 Å². The maximum atomic E-state index is 13.8. The highest BCUT2D eigenvalue weighted by molar-refractivity contribution is 5.95. The fraction of sp³-hybridized carbons (Fsp3) is 0.533. The van der Waals surface area contributed by atoms with E-state index in [-0.39, 0.29) is 17.5 Å². The molecule has 0 aliphatic rings. The number of halogens is 1. The minimum Gasteiger partial charge on any atom is -0.399 e. The van der Waals surface area contributed by atoms with E-state index < -0.39 is 5.82 Å². The predicted molar refractivity (Wildman–Crippen MR) is 76.5 cm³/mol. The topological polar surface area (TPSA) is 46.3 Å². The number of amides is 1. The number of hydrogen-bond acceptors (Lipinski definition) is 2. The average Bonchev–Trinajstić information content (AvgIpc) is 2.41. The van der Waals surface area contributed by atoms with Crippen molar-refractivity contribution < 1.29 is 9.18 Å². The van der Waals surface area contributed by atoms with Crippen molar-refractivity contribution in [3.63, 3.8) is 0 Å². The summed E-state index contributed by atoms with van der Waals surface area (Å²) >= 11 is 0. The zero-order chi connectivity index (χ0) is 14.4. The van der Waals surface area contributed by atoms with E-state index in [4.69, 9.17) is 5.73 Å². The third kappa shape index (κ3) is 3.94. The molecular weight excluding hydrogens is 243 g/mol. The first-order valence-corrected chi connectivity index (χ1v) is 6.87. The van der Waals surface area contributed by atoms with Crippen LogP contribution in [-0.4, -0.2) is 23.4 Å². The van der Waals surface area contributed by atoms with E-state index in [1.165, 1.54) is 18.2 Å². The summed E-state index contributed by atoms with van der Waals surface area (Å²) in [4.78, 5) is 14.2. The molecule has 0 bridgehead atoms. The standard InChI is InChI=1S/C15H23FN2O/c1-4-6-9-18(11(3)5-2)15(19)13-10-12(17)7-8-14(13)16/h7-8,10-11H,4-6,9,17H2,1-3H3. The summed E-state index contributed by atoms with van der Waals surface area (Å²) in [5.41, 5.74) is 6.11. The van der Waals surface area contributed by atoms with Gasteiger partial charge in [-0.05, 0) is 38.0 Å². The fourth-order valence-electron chi connectivity index (χ4n) is 1.93. The van der Waals surface area contributed by atoms with Gasteiger partial charge in [0.25, 0.3) is 5.91 Å². The lowest BCUT2D eigenvalue weighted by molar-refractivity contribution is 0.0680. The maximum Gasteiger partial charge on any atom is 0.257 e. The van der Waals surface area contributed by atoms with Crippen molar-refractivity contribution in [1.82, 2.24) is 4.90 Å². The SMILES string of the molecule is CCCCN(C(=O)c1cc(N)ccc1F)C(C)CC. The zero-order valence-electron chi connectivity index (χ0n) is 11.9. The number of nitrogens with two attached hydrogens (primary N) is 1. The van der Waals surface area contributed by atoms with Gasteiger partial charge < -0.3 is 10.6 Å². The Morgan fingerprint density at radius 3 is 2.68 bits per heavy atom. The highest BCUT2D eigenvalue weighted by Gasteiger charge is 2.22. The van der Waals surface area contributed by atoms with E-state index in [1.807, 2.05) is 13.8 Å². The van der Waals surface area contributed by atoms with Crippen molar-refractivity contribution in [2.45, 2.75) is 46.1 Å². The van der Waals surface area contributed by atoms with E-state index >= 15 is 0 Å². The van der Waals surface area contributed by atoms with E-state index in [0.717, 1.165) is 19.3 Å². The van der Waals surface area contributed by atoms with Gasteiger partial charge in [-0.15, -0.1) is 0 Å². The Bertz CT molecular complexity index is 434. The van der Waals surface area contributed by atoms with Crippen molar-refractivity contribution >= 4 is 11.6 Å². The summed E-state index contributed by atoms with van der Waals surface area (Å²) in [6.07, 6.45) is 2.76. The Hall–Kier alpha value is -1.58. The van der Waals surface area contributed by atoms with Gasteiger partial charge >= 0.3 is 0 Å². The number of benzene rings is 1. The van der Waals surface area contributed by atoms with Crippen LogP contribution in [0.5, 0.6) is 0 Å². The second-order valence-corrected chi connectivity index (χ2v) is 4.85. The van der Waals surface area contributed by atoms with Crippen LogP contribution in [-0.2, 0) is 0 Å². The van der Waals surface area contributed by atoms with Crippen LogP contribution >= 0.6 is 0 Å². The first-order chi connectivity index (χ1) is 9.01. The number of rotatable bonds is 6. The van der Waals surface area contributed by atoms with Crippen LogP contribution in [0.4, 0.5) is 10.1 Å². The van der Waals surface area contributed by atoms with Gasteiger partial charge in [0.15, 0.2) is 0 Å². The van der Waals surface area contributed by atoms with Crippen LogP contribution in [0.25, 0.3) is 0 Å². The molecule has 0 aromatic heterocycles. The van der Waals surface area contributed by atoms with Crippen molar-refractivity contribution in [2.24, 2.45) is 0 Å². The van der Waals surface area contributed by atoms with Crippen molar-refractivity contribution in [2.75, 3.05) is 12.3 Å².